The number of aromatic nitrogens is 2. The second-order valence-electron chi connectivity index (χ2n) is 3.94. The second-order valence-corrected chi connectivity index (χ2v) is 5.63. The molecule has 2 rings (SSSR count). The first kappa shape index (κ1) is 14.0. The number of benzene rings is 1. The minimum atomic E-state index is -3.88. The van der Waals surface area contributed by atoms with Crippen LogP contribution in [0.2, 0.25) is 0 Å². The summed E-state index contributed by atoms with van der Waals surface area (Å²) < 4.78 is 41.3. The van der Waals surface area contributed by atoms with E-state index in [1.165, 1.54) is 12.4 Å². The SMILES string of the molecule is CCn1cc(NS(=O)(=O)c2ccc(F)c(C#N)c2)cn1. The van der Waals surface area contributed by atoms with Crippen molar-refractivity contribution in [2.75, 3.05) is 4.72 Å². The van der Waals surface area contributed by atoms with E-state index in [0.717, 1.165) is 18.2 Å². The minimum absolute atomic E-state index is 0.181. The Morgan fingerprint density at radius 1 is 1.50 bits per heavy atom. The zero-order valence-electron chi connectivity index (χ0n) is 10.5. The lowest BCUT2D eigenvalue weighted by Gasteiger charge is -2.06. The summed E-state index contributed by atoms with van der Waals surface area (Å²) in [6.07, 6.45) is 2.90. The molecule has 0 aliphatic carbocycles. The monoisotopic (exact) mass is 294 g/mol. The van der Waals surface area contributed by atoms with Crippen molar-refractivity contribution in [2.45, 2.75) is 18.4 Å². The van der Waals surface area contributed by atoms with E-state index < -0.39 is 15.8 Å². The molecule has 1 aromatic heterocycles. The van der Waals surface area contributed by atoms with Gasteiger partial charge in [0.05, 0.1) is 22.3 Å². The molecule has 1 heterocycles. The maximum atomic E-state index is 13.2. The van der Waals surface area contributed by atoms with Gasteiger partial charge in [-0.1, -0.05) is 0 Å². The quantitative estimate of drug-likeness (QED) is 0.930. The number of hydrogen-bond donors (Lipinski definition) is 1. The highest BCUT2D eigenvalue weighted by atomic mass is 32.2. The van der Waals surface area contributed by atoms with Gasteiger partial charge < -0.3 is 0 Å². The summed E-state index contributed by atoms with van der Waals surface area (Å²) >= 11 is 0. The fourth-order valence-corrected chi connectivity index (χ4v) is 2.61. The van der Waals surface area contributed by atoms with Crippen molar-refractivity contribution in [1.29, 1.82) is 5.26 Å². The molecule has 0 saturated carbocycles. The number of nitrogens with zero attached hydrogens (tertiary/aromatic N) is 3. The largest absolute Gasteiger partial charge is 0.276 e. The van der Waals surface area contributed by atoms with Gasteiger partial charge in [-0.2, -0.15) is 10.4 Å². The molecule has 1 N–H and O–H groups in total. The van der Waals surface area contributed by atoms with Crippen LogP contribution >= 0.6 is 0 Å². The zero-order chi connectivity index (χ0) is 14.8. The van der Waals surface area contributed by atoms with Crippen molar-refractivity contribution in [3.63, 3.8) is 0 Å². The maximum absolute atomic E-state index is 13.2. The van der Waals surface area contributed by atoms with Gasteiger partial charge in [-0.05, 0) is 25.1 Å². The highest BCUT2D eigenvalue weighted by molar-refractivity contribution is 7.92. The molecule has 6 nitrogen and oxygen atoms in total. The van der Waals surface area contributed by atoms with Crippen LogP contribution in [0.4, 0.5) is 10.1 Å². The number of sulfonamides is 1. The van der Waals surface area contributed by atoms with Crippen molar-refractivity contribution in [3.8, 4) is 6.07 Å². The highest BCUT2D eigenvalue weighted by Gasteiger charge is 2.17. The fourth-order valence-electron chi connectivity index (χ4n) is 1.56. The van der Waals surface area contributed by atoms with Crippen molar-refractivity contribution in [2.24, 2.45) is 0 Å². The Labute approximate surface area is 115 Å². The minimum Gasteiger partial charge on any atom is -0.276 e. The summed E-state index contributed by atoms with van der Waals surface area (Å²) in [7, 11) is -3.88. The predicted molar refractivity (Wildman–Crippen MR) is 69.8 cm³/mol. The summed E-state index contributed by atoms with van der Waals surface area (Å²) in [6, 6.07) is 4.64. The van der Waals surface area contributed by atoms with Crippen molar-refractivity contribution in [1.82, 2.24) is 9.78 Å². The third-order valence-electron chi connectivity index (χ3n) is 2.58. The molecular weight excluding hydrogens is 283 g/mol. The van der Waals surface area contributed by atoms with Crippen molar-refractivity contribution in [3.05, 3.63) is 42.0 Å². The average Bonchev–Trinajstić information content (AvgIpc) is 2.86. The molecule has 2 aromatic rings. The van der Waals surface area contributed by atoms with E-state index in [1.807, 2.05) is 6.92 Å². The Morgan fingerprint density at radius 2 is 2.25 bits per heavy atom. The van der Waals surface area contributed by atoms with Crippen LogP contribution in [0.5, 0.6) is 0 Å². The van der Waals surface area contributed by atoms with Crippen LogP contribution in [0.15, 0.2) is 35.5 Å². The normalized spacial score (nSPS) is 11.1. The first-order chi connectivity index (χ1) is 9.46. The van der Waals surface area contributed by atoms with Gasteiger partial charge in [0, 0.05) is 12.7 Å². The van der Waals surface area contributed by atoms with E-state index >= 15 is 0 Å². The predicted octanol–water partition coefficient (Wildman–Crippen LogP) is 1.71. The van der Waals surface area contributed by atoms with Gasteiger partial charge in [-0.3, -0.25) is 9.40 Å². The molecule has 8 heteroatoms. The molecular formula is C12H11FN4O2S. The number of hydrogen-bond acceptors (Lipinski definition) is 4. The molecule has 0 radical (unpaired) electrons. The number of anilines is 1. The molecule has 0 fully saturated rings. The Balaban J connectivity index is 2.33. The molecule has 0 spiro atoms. The summed E-state index contributed by atoms with van der Waals surface area (Å²) in [5.74, 6) is -0.759. The lowest BCUT2D eigenvalue weighted by molar-refractivity contribution is 0.599. The standard InChI is InChI=1S/C12H11FN4O2S/c1-2-17-8-10(7-15-17)16-20(18,19)11-3-4-12(13)9(5-11)6-14/h3-5,7-8,16H,2H2,1H3. The van der Waals surface area contributed by atoms with Gasteiger partial charge in [-0.25, -0.2) is 12.8 Å². The number of nitriles is 1. The van der Waals surface area contributed by atoms with Gasteiger partial charge in [-0.15, -0.1) is 0 Å². The molecule has 0 atom stereocenters. The first-order valence-electron chi connectivity index (χ1n) is 5.71. The Morgan fingerprint density at radius 3 is 2.85 bits per heavy atom. The summed E-state index contributed by atoms with van der Waals surface area (Å²) in [5, 5.41) is 12.7. The van der Waals surface area contributed by atoms with Crippen LogP contribution in [-0.4, -0.2) is 18.2 Å². The number of rotatable bonds is 4. The van der Waals surface area contributed by atoms with E-state index in [0.29, 0.717) is 12.2 Å². The Bertz CT molecular complexity index is 777. The molecule has 0 saturated heterocycles. The summed E-state index contributed by atoms with van der Waals surface area (Å²) in [4.78, 5) is -0.181. The lowest BCUT2D eigenvalue weighted by atomic mass is 10.2. The van der Waals surface area contributed by atoms with E-state index in [2.05, 4.69) is 9.82 Å². The lowest BCUT2D eigenvalue weighted by Crippen LogP contribution is -2.13. The van der Waals surface area contributed by atoms with Crippen LogP contribution in [0.25, 0.3) is 0 Å². The fraction of sp³-hybridized carbons (Fsp3) is 0.167. The Hall–Kier alpha value is -2.40. The van der Waals surface area contributed by atoms with E-state index in [4.69, 9.17) is 5.26 Å². The Kier molecular flexibility index (Phi) is 3.72. The third-order valence-corrected chi connectivity index (χ3v) is 3.96. The molecule has 0 aliphatic heterocycles. The van der Waals surface area contributed by atoms with Crippen LogP contribution in [0, 0.1) is 17.1 Å². The van der Waals surface area contributed by atoms with Gasteiger partial charge in [0.1, 0.15) is 11.9 Å². The summed E-state index contributed by atoms with van der Waals surface area (Å²) in [6.45, 7) is 2.47. The second kappa shape index (κ2) is 5.30. The third kappa shape index (κ3) is 2.78. The van der Waals surface area contributed by atoms with Gasteiger partial charge >= 0.3 is 0 Å². The number of halogens is 1. The molecule has 1 aromatic carbocycles. The van der Waals surface area contributed by atoms with Gasteiger partial charge in [0.25, 0.3) is 10.0 Å². The first-order valence-corrected chi connectivity index (χ1v) is 7.19. The van der Waals surface area contributed by atoms with E-state index in [1.54, 1.807) is 10.8 Å². The van der Waals surface area contributed by atoms with Crippen molar-refractivity contribution < 1.29 is 12.8 Å². The molecule has 0 bridgehead atoms. The number of aryl methyl sites for hydroxylation is 1. The van der Waals surface area contributed by atoms with E-state index in [-0.39, 0.29) is 10.5 Å². The zero-order valence-corrected chi connectivity index (χ0v) is 11.4. The molecule has 0 unspecified atom stereocenters. The molecule has 0 aliphatic rings. The number of nitrogens with one attached hydrogen (secondary N) is 1. The topological polar surface area (TPSA) is 87.8 Å². The smallest absolute Gasteiger partial charge is 0.262 e. The van der Waals surface area contributed by atoms with Crippen LogP contribution in [-0.2, 0) is 16.6 Å². The van der Waals surface area contributed by atoms with Crippen LogP contribution in [0.1, 0.15) is 12.5 Å². The molecule has 20 heavy (non-hydrogen) atoms. The molecule has 0 amide bonds. The van der Waals surface area contributed by atoms with Crippen LogP contribution < -0.4 is 4.72 Å². The highest BCUT2D eigenvalue weighted by Crippen LogP contribution is 2.18. The average molecular weight is 294 g/mol. The molecule has 104 valence electrons. The summed E-state index contributed by atoms with van der Waals surface area (Å²) in [5.41, 5.74) is -0.0215. The van der Waals surface area contributed by atoms with Crippen LogP contribution in [0.3, 0.4) is 0 Å². The van der Waals surface area contributed by atoms with Gasteiger partial charge in [0.2, 0.25) is 0 Å². The van der Waals surface area contributed by atoms with Crippen molar-refractivity contribution >= 4 is 15.7 Å². The van der Waals surface area contributed by atoms with Gasteiger partial charge in [0.15, 0.2) is 0 Å². The van der Waals surface area contributed by atoms with E-state index in [9.17, 15) is 12.8 Å². The maximum Gasteiger partial charge on any atom is 0.262 e.